The fourth-order valence-electron chi connectivity index (χ4n) is 3.85. The number of hydrogen-bond donors (Lipinski definition) is 0. The number of ether oxygens (including phenoxy) is 1. The SMILES string of the molecule is CC1C(Oc2ccc(C(F)(F)F)cn2)CCCN1C(=O)c1cccc(F)c1-c1ncc(F)cn1. The van der Waals surface area contributed by atoms with Crippen molar-refractivity contribution in [2.24, 2.45) is 0 Å². The highest BCUT2D eigenvalue weighted by molar-refractivity contribution is 6.00. The van der Waals surface area contributed by atoms with Crippen molar-refractivity contribution < 1.29 is 31.5 Å². The second kappa shape index (κ2) is 9.32. The first kappa shape index (κ1) is 23.5. The van der Waals surface area contributed by atoms with Gasteiger partial charge in [0.25, 0.3) is 5.91 Å². The van der Waals surface area contributed by atoms with Gasteiger partial charge in [0.1, 0.15) is 11.9 Å². The van der Waals surface area contributed by atoms with Crippen LogP contribution in [0.1, 0.15) is 35.7 Å². The Kier molecular flexibility index (Phi) is 6.45. The molecule has 1 aliphatic rings. The van der Waals surface area contributed by atoms with Gasteiger partial charge in [-0.25, -0.2) is 23.7 Å². The van der Waals surface area contributed by atoms with Crippen molar-refractivity contribution in [3.8, 4) is 17.3 Å². The van der Waals surface area contributed by atoms with Gasteiger partial charge >= 0.3 is 6.18 Å². The Labute approximate surface area is 191 Å². The minimum atomic E-state index is -4.51. The highest BCUT2D eigenvalue weighted by atomic mass is 19.4. The number of nitrogens with zero attached hydrogens (tertiary/aromatic N) is 4. The third kappa shape index (κ3) is 4.82. The maximum absolute atomic E-state index is 14.7. The molecule has 11 heteroatoms. The smallest absolute Gasteiger partial charge is 0.417 e. The Bertz CT molecular complexity index is 1170. The second-order valence-electron chi connectivity index (χ2n) is 7.81. The van der Waals surface area contributed by atoms with Crippen LogP contribution in [0.5, 0.6) is 5.88 Å². The van der Waals surface area contributed by atoms with Gasteiger partial charge in [-0.05, 0) is 38.0 Å². The summed E-state index contributed by atoms with van der Waals surface area (Å²) in [6, 6.07) is 5.48. The fourth-order valence-corrected chi connectivity index (χ4v) is 3.85. The zero-order valence-corrected chi connectivity index (χ0v) is 17.9. The van der Waals surface area contributed by atoms with Crippen LogP contribution in [-0.4, -0.2) is 44.4 Å². The van der Waals surface area contributed by atoms with E-state index in [0.29, 0.717) is 25.6 Å². The molecule has 0 bridgehead atoms. The lowest BCUT2D eigenvalue weighted by Crippen LogP contribution is -2.51. The van der Waals surface area contributed by atoms with E-state index in [2.05, 4.69) is 15.0 Å². The van der Waals surface area contributed by atoms with E-state index in [1.807, 2.05) is 0 Å². The highest BCUT2D eigenvalue weighted by Gasteiger charge is 2.35. The summed E-state index contributed by atoms with van der Waals surface area (Å²) in [6.45, 7) is 2.10. The summed E-state index contributed by atoms with van der Waals surface area (Å²) < 4.78 is 72.0. The molecule has 3 aromatic rings. The van der Waals surface area contributed by atoms with E-state index in [0.717, 1.165) is 30.6 Å². The topological polar surface area (TPSA) is 68.2 Å². The van der Waals surface area contributed by atoms with Gasteiger partial charge in [-0.2, -0.15) is 13.2 Å². The predicted molar refractivity (Wildman–Crippen MR) is 111 cm³/mol. The van der Waals surface area contributed by atoms with Crippen molar-refractivity contribution in [1.29, 1.82) is 0 Å². The van der Waals surface area contributed by atoms with Crippen molar-refractivity contribution in [1.82, 2.24) is 19.9 Å². The maximum atomic E-state index is 14.7. The van der Waals surface area contributed by atoms with Gasteiger partial charge in [-0.1, -0.05) is 6.07 Å². The Morgan fingerprint density at radius 1 is 1.06 bits per heavy atom. The molecule has 3 heterocycles. The van der Waals surface area contributed by atoms with E-state index < -0.39 is 41.4 Å². The van der Waals surface area contributed by atoms with Gasteiger partial charge in [-0.3, -0.25) is 4.79 Å². The van der Waals surface area contributed by atoms with Crippen LogP contribution in [0.4, 0.5) is 22.0 Å². The molecule has 1 amide bonds. The summed E-state index contributed by atoms with van der Waals surface area (Å²) in [5, 5.41) is 0. The molecule has 6 nitrogen and oxygen atoms in total. The molecule has 1 aliphatic heterocycles. The van der Waals surface area contributed by atoms with E-state index in [9.17, 15) is 26.7 Å². The standard InChI is InChI=1S/C23H19F5N4O2/c1-13-18(34-19-8-7-14(10-29-19)23(26,27)28)6-3-9-32(13)22(33)16-4-2-5-17(25)20(16)21-30-11-15(24)12-31-21/h2,4-5,7-8,10-13,18H,3,6,9H2,1H3. The minimum absolute atomic E-state index is 0.00491. The molecule has 4 rings (SSSR count). The number of carbonyl (C=O) groups is 1. The number of piperidine rings is 1. The van der Waals surface area contributed by atoms with Gasteiger partial charge in [0, 0.05) is 18.8 Å². The number of hydrogen-bond acceptors (Lipinski definition) is 5. The first-order chi connectivity index (χ1) is 16.1. The number of likely N-dealkylation sites (tertiary alicyclic amines) is 1. The number of pyridine rings is 1. The largest absolute Gasteiger partial charge is 0.472 e. The Hall–Kier alpha value is -3.63. The van der Waals surface area contributed by atoms with Crippen molar-refractivity contribution in [3.63, 3.8) is 0 Å². The fraction of sp³-hybridized carbons (Fsp3) is 0.304. The second-order valence-corrected chi connectivity index (χ2v) is 7.81. The molecule has 2 unspecified atom stereocenters. The molecule has 1 aromatic carbocycles. The molecule has 0 aliphatic carbocycles. The molecule has 178 valence electrons. The minimum Gasteiger partial charge on any atom is -0.472 e. The van der Waals surface area contributed by atoms with Crippen LogP contribution in [0.25, 0.3) is 11.4 Å². The van der Waals surface area contributed by atoms with Crippen molar-refractivity contribution >= 4 is 5.91 Å². The summed E-state index contributed by atoms with van der Waals surface area (Å²) >= 11 is 0. The van der Waals surface area contributed by atoms with Crippen LogP contribution in [0.15, 0.2) is 48.9 Å². The van der Waals surface area contributed by atoms with Gasteiger partial charge in [-0.15, -0.1) is 0 Å². The molecule has 0 spiro atoms. The Morgan fingerprint density at radius 2 is 1.79 bits per heavy atom. The Balaban J connectivity index is 1.57. The third-order valence-corrected chi connectivity index (χ3v) is 5.60. The summed E-state index contributed by atoms with van der Waals surface area (Å²) in [4.78, 5) is 26.2. The predicted octanol–water partition coefficient (Wildman–Crippen LogP) is 4.91. The van der Waals surface area contributed by atoms with Crippen LogP contribution in [0, 0.1) is 11.6 Å². The summed E-state index contributed by atoms with van der Waals surface area (Å²) in [7, 11) is 0. The zero-order valence-electron chi connectivity index (χ0n) is 17.9. The zero-order chi connectivity index (χ0) is 24.5. The quantitative estimate of drug-likeness (QED) is 0.499. The average Bonchev–Trinajstić information content (AvgIpc) is 2.80. The lowest BCUT2D eigenvalue weighted by atomic mass is 9.97. The van der Waals surface area contributed by atoms with Crippen molar-refractivity contribution in [3.05, 3.63) is 71.7 Å². The number of halogens is 5. The summed E-state index contributed by atoms with van der Waals surface area (Å²) in [5.41, 5.74) is -1.03. The van der Waals surface area contributed by atoms with Crippen LogP contribution < -0.4 is 4.74 Å². The third-order valence-electron chi connectivity index (χ3n) is 5.60. The first-order valence-corrected chi connectivity index (χ1v) is 10.4. The van der Waals surface area contributed by atoms with E-state index in [1.165, 1.54) is 17.0 Å². The number of benzene rings is 1. The summed E-state index contributed by atoms with van der Waals surface area (Å²) in [5.74, 6) is -2.05. The van der Waals surface area contributed by atoms with Crippen molar-refractivity contribution in [2.45, 2.75) is 38.1 Å². The molecule has 2 atom stereocenters. The monoisotopic (exact) mass is 478 g/mol. The molecule has 0 radical (unpaired) electrons. The first-order valence-electron chi connectivity index (χ1n) is 10.4. The lowest BCUT2D eigenvalue weighted by molar-refractivity contribution is -0.137. The van der Waals surface area contributed by atoms with Crippen LogP contribution >= 0.6 is 0 Å². The van der Waals surface area contributed by atoms with E-state index >= 15 is 0 Å². The van der Waals surface area contributed by atoms with Gasteiger partial charge in [0.15, 0.2) is 11.6 Å². The number of aromatic nitrogens is 3. The van der Waals surface area contributed by atoms with Gasteiger partial charge in [0.2, 0.25) is 5.88 Å². The van der Waals surface area contributed by atoms with Crippen LogP contribution in [0.3, 0.4) is 0 Å². The van der Waals surface area contributed by atoms with Crippen molar-refractivity contribution in [2.75, 3.05) is 6.54 Å². The molecule has 0 saturated carbocycles. The van der Waals surface area contributed by atoms with Gasteiger partial charge < -0.3 is 9.64 Å². The number of amides is 1. The molecule has 34 heavy (non-hydrogen) atoms. The average molecular weight is 478 g/mol. The van der Waals surface area contributed by atoms with E-state index in [4.69, 9.17) is 4.74 Å². The summed E-state index contributed by atoms with van der Waals surface area (Å²) in [6.07, 6.45) is -1.50. The van der Waals surface area contributed by atoms with E-state index in [-0.39, 0.29) is 22.8 Å². The molecule has 1 saturated heterocycles. The number of alkyl halides is 3. The van der Waals surface area contributed by atoms with Crippen LogP contribution in [-0.2, 0) is 6.18 Å². The Morgan fingerprint density at radius 3 is 2.44 bits per heavy atom. The normalized spacial score (nSPS) is 18.6. The molecular formula is C23H19F5N4O2. The lowest BCUT2D eigenvalue weighted by Gasteiger charge is -2.39. The highest BCUT2D eigenvalue weighted by Crippen LogP contribution is 2.31. The number of carbonyl (C=O) groups excluding carboxylic acids is 1. The number of rotatable bonds is 4. The molecule has 2 aromatic heterocycles. The van der Waals surface area contributed by atoms with E-state index in [1.54, 1.807) is 6.92 Å². The maximum Gasteiger partial charge on any atom is 0.417 e. The van der Waals surface area contributed by atoms with Gasteiger partial charge in [0.05, 0.1) is 35.1 Å². The molecule has 1 fully saturated rings. The molecular weight excluding hydrogens is 459 g/mol. The molecule has 0 N–H and O–H groups in total. The van der Waals surface area contributed by atoms with Crippen LogP contribution in [0.2, 0.25) is 0 Å².